The largest absolute Gasteiger partial charge is 0.477 e. The lowest BCUT2D eigenvalue weighted by molar-refractivity contribution is -0.843. The first-order valence-corrected chi connectivity index (χ1v) is 22.0. The van der Waals surface area contributed by atoms with Crippen LogP contribution in [0.5, 0.6) is 0 Å². The number of allylic oxidation sites excluding steroid dienone is 1. The molecule has 11 N–H and O–H groups in total. The molecule has 0 amide bonds. The first kappa shape index (κ1) is 47.8. The Labute approximate surface area is 362 Å². The van der Waals surface area contributed by atoms with E-state index in [1.807, 2.05) is 0 Å². The van der Waals surface area contributed by atoms with Gasteiger partial charge in [-0.05, 0) is 82.5 Å². The minimum Gasteiger partial charge on any atom is -0.477 e. The fourth-order valence-corrected chi connectivity index (χ4v) is 10.4. The molecule has 1 unspecified atom stereocenters. The van der Waals surface area contributed by atoms with Crippen molar-refractivity contribution in [3.05, 3.63) is 59.7 Å². The van der Waals surface area contributed by atoms with Gasteiger partial charge in [-0.2, -0.15) is 0 Å². The number of aliphatic carboxylic acids is 1. The smallest absolute Gasteiger partial charge is 0.343 e. The third-order valence-electron chi connectivity index (χ3n) is 13.5. The summed E-state index contributed by atoms with van der Waals surface area (Å²) < 4.78 is 30.3. The van der Waals surface area contributed by atoms with Crippen LogP contribution in [-0.2, 0) is 33.3 Å². The molecular weight excluding hydrogens is 808 g/mol. The third-order valence-corrected chi connectivity index (χ3v) is 13.5. The first-order chi connectivity index (χ1) is 29.6. The van der Waals surface area contributed by atoms with Gasteiger partial charge in [0, 0.05) is 24.6 Å². The van der Waals surface area contributed by atoms with Crippen LogP contribution in [0.1, 0.15) is 84.5 Å². The molecule has 3 saturated carbocycles. The van der Waals surface area contributed by atoms with Crippen LogP contribution in [0.15, 0.2) is 64.7 Å². The fourth-order valence-electron chi connectivity index (χ4n) is 10.4. The van der Waals surface area contributed by atoms with E-state index in [-0.39, 0.29) is 67.2 Å². The van der Waals surface area contributed by atoms with E-state index >= 15 is 0 Å². The summed E-state index contributed by atoms with van der Waals surface area (Å²) >= 11 is 0. The number of carboxylic acids is 1. The van der Waals surface area contributed by atoms with Crippen molar-refractivity contribution in [3.63, 3.8) is 0 Å². The van der Waals surface area contributed by atoms with Crippen molar-refractivity contribution < 1.29 is 73.9 Å². The maximum absolute atomic E-state index is 14.4. The van der Waals surface area contributed by atoms with Crippen molar-refractivity contribution in [1.29, 1.82) is 0 Å². The first-order valence-electron chi connectivity index (χ1n) is 22.0. The van der Waals surface area contributed by atoms with E-state index < -0.39 is 73.2 Å². The topological polar surface area (TPSA) is 277 Å². The number of carbonyl (C=O) groups is 2. The number of quaternary nitrogens is 1. The highest BCUT2D eigenvalue weighted by atomic mass is 16.8. The summed E-state index contributed by atoms with van der Waals surface area (Å²) in [6.45, 7) is 6.75. The molecule has 0 bridgehead atoms. The molecule has 62 heavy (non-hydrogen) atoms. The fraction of sp³-hybridized carbons (Fsp3) is 0.705. The Balaban J connectivity index is 1.34. The van der Waals surface area contributed by atoms with Crippen molar-refractivity contribution in [2.45, 2.75) is 133 Å². The highest BCUT2D eigenvalue weighted by molar-refractivity contribution is 5.94. The SMILES string of the molecule is C=C[C@H]1[C@H](O[C@@H]2O[C@H](CO)[C@@H](O)C(O)(O)[C@H]2OC(C)C)OC=C(C(=O)O[C@@H]2CC[C@]3(CCC4(CCCC4)C3)C2)[C@H]1/C=C/C1=C(NC(N)=NCCCO)C(C(=O)O)=C[NH+](CCO)C1. The molecule has 3 aliphatic heterocycles. The zero-order valence-electron chi connectivity index (χ0n) is 35.8. The Morgan fingerprint density at radius 3 is 2.50 bits per heavy atom. The summed E-state index contributed by atoms with van der Waals surface area (Å²) in [5, 5.41) is 75.1. The average molecular weight is 876 g/mol. The molecule has 18 nitrogen and oxygen atoms in total. The number of hydrogen-bond donors (Lipinski definition) is 10. The van der Waals surface area contributed by atoms with Gasteiger partial charge in [-0.3, -0.25) is 4.99 Å². The van der Waals surface area contributed by atoms with Gasteiger partial charge in [0.05, 0.1) is 42.8 Å². The monoisotopic (exact) mass is 875 g/mol. The number of nitrogens with two attached hydrogens (primary N) is 1. The number of nitrogens with one attached hydrogen (secondary N) is 2. The summed E-state index contributed by atoms with van der Waals surface area (Å²) in [5.74, 6) is -6.68. The van der Waals surface area contributed by atoms with E-state index in [1.165, 1.54) is 50.6 Å². The highest BCUT2D eigenvalue weighted by Crippen LogP contribution is 2.63. The normalized spacial score (nSPS) is 34.5. The predicted octanol–water partition coefficient (Wildman–Crippen LogP) is -0.00310. The number of nitrogens with zero attached hydrogens (tertiary/aromatic N) is 1. The molecule has 10 atom stereocenters. The van der Waals surface area contributed by atoms with Crippen molar-refractivity contribution in [2.75, 3.05) is 39.5 Å². The van der Waals surface area contributed by atoms with Crippen LogP contribution < -0.4 is 16.0 Å². The number of aliphatic hydroxyl groups is 6. The molecule has 0 radical (unpaired) electrons. The van der Waals surface area contributed by atoms with E-state index in [1.54, 1.807) is 26.0 Å². The van der Waals surface area contributed by atoms with E-state index in [9.17, 15) is 45.3 Å². The van der Waals surface area contributed by atoms with Gasteiger partial charge in [-0.25, -0.2) is 9.59 Å². The zero-order chi connectivity index (χ0) is 44.8. The molecule has 0 aromatic rings. The van der Waals surface area contributed by atoms with Crippen LogP contribution >= 0.6 is 0 Å². The van der Waals surface area contributed by atoms with Crippen LogP contribution in [0.4, 0.5) is 0 Å². The summed E-state index contributed by atoms with van der Waals surface area (Å²) in [5.41, 5.74) is 7.31. The van der Waals surface area contributed by atoms with Gasteiger partial charge in [0.1, 0.15) is 43.2 Å². The zero-order valence-corrected chi connectivity index (χ0v) is 35.8. The Bertz CT molecular complexity index is 1770. The number of aliphatic imine (C=N–C) groups is 1. The Morgan fingerprint density at radius 1 is 1.10 bits per heavy atom. The number of guanidine groups is 1. The number of ether oxygens (including phenoxy) is 5. The van der Waals surface area contributed by atoms with Crippen LogP contribution in [0.25, 0.3) is 0 Å². The number of carboxylic acid groups (broad SMARTS) is 1. The number of aliphatic hydroxyl groups excluding tert-OH is 4. The van der Waals surface area contributed by atoms with Gasteiger partial charge < -0.3 is 75.4 Å². The number of esters is 1. The molecule has 6 rings (SSSR count). The van der Waals surface area contributed by atoms with Gasteiger partial charge in [0.2, 0.25) is 12.1 Å². The maximum Gasteiger partial charge on any atom is 0.343 e. The summed E-state index contributed by atoms with van der Waals surface area (Å²) in [7, 11) is 0. The second kappa shape index (κ2) is 20.4. The quantitative estimate of drug-likeness (QED) is 0.0230. The van der Waals surface area contributed by atoms with Gasteiger partial charge in [-0.15, -0.1) is 6.58 Å². The van der Waals surface area contributed by atoms with E-state index in [2.05, 4.69) is 16.9 Å². The van der Waals surface area contributed by atoms with E-state index in [0.29, 0.717) is 22.3 Å². The molecule has 0 aromatic heterocycles. The third kappa shape index (κ3) is 10.6. The van der Waals surface area contributed by atoms with Crippen molar-refractivity contribution in [3.8, 4) is 0 Å². The maximum atomic E-state index is 14.4. The summed E-state index contributed by atoms with van der Waals surface area (Å²) in [6.07, 6.45) is 9.98. The molecule has 0 aromatic carbocycles. The molecule has 3 aliphatic carbocycles. The Hall–Kier alpha value is -3.69. The lowest BCUT2D eigenvalue weighted by Crippen LogP contribution is -3.09. The summed E-state index contributed by atoms with van der Waals surface area (Å²) in [6, 6.07) is 0. The van der Waals surface area contributed by atoms with Crippen LogP contribution in [0, 0.1) is 22.7 Å². The number of rotatable bonds is 17. The Morgan fingerprint density at radius 2 is 1.84 bits per heavy atom. The molecule has 18 heteroatoms. The van der Waals surface area contributed by atoms with Gasteiger partial charge in [0.15, 0.2) is 18.4 Å². The number of hydrogen-bond acceptors (Lipinski definition) is 14. The molecule has 4 fully saturated rings. The molecule has 2 spiro atoms. The van der Waals surface area contributed by atoms with Gasteiger partial charge in [0.25, 0.3) is 0 Å². The lowest BCUT2D eigenvalue weighted by Gasteiger charge is -2.48. The average Bonchev–Trinajstić information content (AvgIpc) is 3.96. The van der Waals surface area contributed by atoms with Crippen molar-refractivity contribution >= 4 is 17.9 Å². The van der Waals surface area contributed by atoms with Crippen LogP contribution in [0.2, 0.25) is 0 Å². The molecule has 6 aliphatic rings. The Kier molecular flexibility index (Phi) is 15.7. The van der Waals surface area contributed by atoms with E-state index in [4.69, 9.17) is 29.4 Å². The van der Waals surface area contributed by atoms with Crippen LogP contribution in [0.3, 0.4) is 0 Å². The minimum absolute atomic E-state index is 0.0824. The molecule has 1 saturated heterocycles. The number of carbonyl (C=O) groups excluding carboxylic acids is 1. The minimum atomic E-state index is -2.92. The summed E-state index contributed by atoms with van der Waals surface area (Å²) in [4.78, 5) is 31.9. The second-order valence-electron chi connectivity index (χ2n) is 18.2. The van der Waals surface area contributed by atoms with E-state index in [0.717, 1.165) is 32.1 Å². The lowest BCUT2D eigenvalue weighted by atomic mass is 9.77. The highest BCUT2D eigenvalue weighted by Gasteiger charge is 2.58. The van der Waals surface area contributed by atoms with Gasteiger partial charge in [-0.1, -0.05) is 31.1 Å². The molecular formula is C44H67N4O14+. The molecule has 346 valence electrons. The second-order valence-corrected chi connectivity index (χ2v) is 18.2. The van der Waals surface area contributed by atoms with Crippen molar-refractivity contribution in [1.82, 2.24) is 5.32 Å². The molecule has 3 heterocycles. The van der Waals surface area contributed by atoms with Crippen molar-refractivity contribution in [2.24, 2.45) is 33.4 Å². The van der Waals surface area contributed by atoms with Gasteiger partial charge >= 0.3 is 11.9 Å². The van der Waals surface area contributed by atoms with Crippen LogP contribution in [-0.4, -0.2) is 142 Å². The standard InChI is InChI=1S/C44H66N4O14/c1-4-29-30(9-8-27-21-48(17-19-50)22-31(37(53)54)34(27)47-41(45)46-16-7-18-49)32(38(55)60-28-10-13-43(20-28)15-14-42(25-43)11-5-6-12-42)24-58-39(29)62-40-36(59-26(2)3)44(56,57)35(52)33(23-51)61-40/h4,8-9,22,24,26,28-30,33,35-36,39-40,49-52,56-57H,1,5-7,10-21,23,25H2,2-3H3,(H,53,54)(H3,45,46,47)/p+1/b9-8+/t28-,29-,30+,33-,35-,36+,39+,40+,43+/m1/s1. The predicted molar refractivity (Wildman–Crippen MR) is 222 cm³/mol.